The Morgan fingerprint density at radius 1 is 1.64 bits per heavy atom. The van der Waals surface area contributed by atoms with Crippen molar-refractivity contribution in [1.29, 1.82) is 0 Å². The van der Waals surface area contributed by atoms with Crippen molar-refractivity contribution in [1.82, 2.24) is 4.98 Å². The van der Waals surface area contributed by atoms with Gasteiger partial charge in [0.1, 0.15) is 0 Å². The fourth-order valence-electron chi connectivity index (χ4n) is 0.953. The normalized spacial score (nSPS) is 12.8. The van der Waals surface area contributed by atoms with Gasteiger partial charge >= 0.3 is 5.97 Å². The average molecular weight is 231 g/mol. The molecule has 1 rings (SSSR count). The minimum Gasteiger partial charge on any atom is -0.481 e. The maximum absolute atomic E-state index is 10.4. The molecule has 1 aromatic heterocycles. The largest absolute Gasteiger partial charge is 0.481 e. The monoisotopic (exact) mass is 231 g/mol. The first-order valence-electron chi connectivity index (χ1n) is 4.31. The van der Waals surface area contributed by atoms with E-state index in [4.69, 9.17) is 5.11 Å². The van der Waals surface area contributed by atoms with Crippen LogP contribution in [0.4, 0.5) is 0 Å². The smallest absolute Gasteiger partial charge is 0.304 e. The zero-order valence-corrected chi connectivity index (χ0v) is 10.0. The molecule has 1 N–H and O–H groups in total. The molecular weight excluding hydrogens is 218 g/mol. The molecule has 0 aliphatic carbocycles. The highest BCUT2D eigenvalue weighted by molar-refractivity contribution is 8.01. The van der Waals surface area contributed by atoms with Crippen LogP contribution in [0.2, 0.25) is 0 Å². The Morgan fingerprint density at radius 2 is 2.29 bits per heavy atom. The third-order valence-corrected chi connectivity index (χ3v) is 4.04. The second-order valence-electron chi connectivity index (χ2n) is 3.15. The van der Waals surface area contributed by atoms with Crippen molar-refractivity contribution in [2.45, 2.75) is 36.8 Å². The van der Waals surface area contributed by atoms with Gasteiger partial charge in [0, 0.05) is 10.1 Å². The van der Waals surface area contributed by atoms with Crippen molar-refractivity contribution in [3.63, 3.8) is 0 Å². The van der Waals surface area contributed by atoms with Crippen LogP contribution in [0.5, 0.6) is 0 Å². The van der Waals surface area contributed by atoms with Crippen LogP contribution in [0.1, 0.15) is 23.9 Å². The minimum atomic E-state index is -0.755. The first-order valence-corrected chi connectivity index (χ1v) is 6.01. The summed E-state index contributed by atoms with van der Waals surface area (Å²) >= 11 is 3.16. The van der Waals surface area contributed by atoms with Gasteiger partial charge in [0.25, 0.3) is 0 Å². The number of aliphatic carboxylic acids is 1. The molecule has 0 amide bonds. The van der Waals surface area contributed by atoms with Gasteiger partial charge in [0.15, 0.2) is 4.34 Å². The Kier molecular flexibility index (Phi) is 3.95. The highest BCUT2D eigenvalue weighted by Crippen LogP contribution is 2.30. The summed E-state index contributed by atoms with van der Waals surface area (Å²) < 4.78 is 0.966. The van der Waals surface area contributed by atoms with Crippen LogP contribution in [0.25, 0.3) is 0 Å². The molecule has 0 saturated heterocycles. The number of hydrogen-bond donors (Lipinski definition) is 1. The second-order valence-corrected chi connectivity index (χ2v) is 6.04. The van der Waals surface area contributed by atoms with E-state index in [1.165, 1.54) is 16.6 Å². The molecule has 0 aliphatic heterocycles. The van der Waals surface area contributed by atoms with E-state index in [9.17, 15) is 4.79 Å². The molecule has 0 fully saturated rings. The quantitative estimate of drug-likeness (QED) is 0.809. The van der Waals surface area contributed by atoms with Crippen LogP contribution in [-0.4, -0.2) is 21.3 Å². The van der Waals surface area contributed by atoms with E-state index in [2.05, 4.69) is 4.98 Å². The summed E-state index contributed by atoms with van der Waals surface area (Å²) in [5.41, 5.74) is 1.04. The fourth-order valence-corrected chi connectivity index (χ4v) is 3.41. The van der Waals surface area contributed by atoms with Gasteiger partial charge < -0.3 is 5.11 Å². The number of aryl methyl sites for hydroxylation is 2. The topological polar surface area (TPSA) is 50.2 Å². The summed E-state index contributed by atoms with van der Waals surface area (Å²) in [5, 5.41) is 8.67. The predicted octanol–water partition coefficient (Wildman–Crippen LogP) is 2.72. The number of carboxylic acids is 1. The van der Waals surface area contributed by atoms with E-state index in [1.54, 1.807) is 11.3 Å². The molecule has 0 spiro atoms. The SMILES string of the molecule is Cc1nc(SC(C)CC(=O)O)sc1C. The Balaban J connectivity index is 2.56. The van der Waals surface area contributed by atoms with Gasteiger partial charge in [0.2, 0.25) is 0 Å². The number of rotatable bonds is 4. The highest BCUT2D eigenvalue weighted by atomic mass is 32.2. The van der Waals surface area contributed by atoms with Crippen LogP contribution < -0.4 is 0 Å². The van der Waals surface area contributed by atoms with E-state index in [1.807, 2.05) is 20.8 Å². The van der Waals surface area contributed by atoms with Gasteiger partial charge in [-0.25, -0.2) is 4.98 Å². The maximum atomic E-state index is 10.4. The molecule has 0 bridgehead atoms. The molecule has 1 heterocycles. The highest BCUT2D eigenvalue weighted by Gasteiger charge is 2.12. The lowest BCUT2D eigenvalue weighted by Crippen LogP contribution is -2.05. The average Bonchev–Trinajstić information content (AvgIpc) is 2.28. The number of thioether (sulfide) groups is 1. The molecule has 14 heavy (non-hydrogen) atoms. The lowest BCUT2D eigenvalue weighted by atomic mass is 10.3. The molecule has 0 aliphatic rings. The van der Waals surface area contributed by atoms with E-state index >= 15 is 0 Å². The summed E-state index contributed by atoms with van der Waals surface area (Å²) in [5.74, 6) is -0.755. The zero-order chi connectivity index (χ0) is 10.7. The number of nitrogens with zero attached hydrogens (tertiary/aromatic N) is 1. The van der Waals surface area contributed by atoms with E-state index in [0.29, 0.717) is 0 Å². The lowest BCUT2D eigenvalue weighted by Gasteiger charge is -2.04. The summed E-state index contributed by atoms with van der Waals surface area (Å²) in [6.45, 7) is 5.90. The first-order chi connectivity index (χ1) is 6.49. The van der Waals surface area contributed by atoms with Crippen LogP contribution in [0.15, 0.2) is 4.34 Å². The summed E-state index contributed by atoms with van der Waals surface area (Å²) in [6, 6.07) is 0. The first kappa shape index (κ1) is 11.5. The molecule has 78 valence electrons. The van der Waals surface area contributed by atoms with Crippen LogP contribution >= 0.6 is 23.1 Å². The fraction of sp³-hybridized carbons (Fsp3) is 0.556. The van der Waals surface area contributed by atoms with Crippen molar-refractivity contribution in [2.75, 3.05) is 0 Å². The second kappa shape index (κ2) is 4.79. The number of thiazole rings is 1. The number of hydrogen-bond acceptors (Lipinski definition) is 4. The molecule has 5 heteroatoms. The van der Waals surface area contributed by atoms with Gasteiger partial charge in [-0.1, -0.05) is 18.7 Å². The van der Waals surface area contributed by atoms with Crippen LogP contribution in [0.3, 0.4) is 0 Å². The zero-order valence-electron chi connectivity index (χ0n) is 8.40. The molecule has 1 atom stereocenters. The Bertz CT molecular complexity index is 316. The number of carbonyl (C=O) groups is 1. The molecule has 0 aromatic carbocycles. The third kappa shape index (κ3) is 3.31. The molecule has 0 radical (unpaired) electrons. The van der Waals surface area contributed by atoms with Crippen molar-refractivity contribution in [3.8, 4) is 0 Å². The molecular formula is C9H13NO2S2. The summed E-state index contributed by atoms with van der Waals surface area (Å²) in [4.78, 5) is 16.0. The minimum absolute atomic E-state index is 0.0810. The molecule has 1 aromatic rings. The molecule has 3 nitrogen and oxygen atoms in total. The molecule has 1 unspecified atom stereocenters. The van der Waals surface area contributed by atoms with Crippen molar-refractivity contribution < 1.29 is 9.90 Å². The van der Waals surface area contributed by atoms with Crippen LogP contribution in [-0.2, 0) is 4.79 Å². The van der Waals surface area contributed by atoms with Gasteiger partial charge in [0.05, 0.1) is 12.1 Å². The summed E-state index contributed by atoms with van der Waals surface area (Å²) in [6.07, 6.45) is 0.183. The molecule has 0 saturated carbocycles. The van der Waals surface area contributed by atoms with Gasteiger partial charge in [-0.2, -0.15) is 0 Å². The Labute approximate surface area is 91.6 Å². The standard InChI is InChI=1S/C9H13NO2S2/c1-5(4-8(11)12)13-9-10-6(2)7(3)14-9/h5H,4H2,1-3H3,(H,11,12). The summed E-state index contributed by atoms with van der Waals surface area (Å²) in [7, 11) is 0. The van der Waals surface area contributed by atoms with E-state index < -0.39 is 5.97 Å². The van der Waals surface area contributed by atoms with Gasteiger partial charge in [-0.05, 0) is 13.8 Å². The van der Waals surface area contributed by atoms with E-state index in [0.717, 1.165) is 10.0 Å². The number of carboxylic acid groups (broad SMARTS) is 1. The van der Waals surface area contributed by atoms with E-state index in [-0.39, 0.29) is 11.7 Å². The Morgan fingerprint density at radius 3 is 2.71 bits per heavy atom. The van der Waals surface area contributed by atoms with Crippen molar-refractivity contribution in [3.05, 3.63) is 10.6 Å². The third-order valence-electron chi connectivity index (χ3n) is 1.77. The van der Waals surface area contributed by atoms with Crippen molar-refractivity contribution >= 4 is 29.1 Å². The van der Waals surface area contributed by atoms with Gasteiger partial charge in [-0.3, -0.25) is 4.79 Å². The Hall–Kier alpha value is -0.550. The lowest BCUT2D eigenvalue weighted by molar-refractivity contribution is -0.136. The van der Waals surface area contributed by atoms with Gasteiger partial charge in [-0.15, -0.1) is 11.3 Å². The predicted molar refractivity (Wildman–Crippen MR) is 59.2 cm³/mol. The number of aromatic nitrogens is 1. The van der Waals surface area contributed by atoms with Crippen LogP contribution in [0, 0.1) is 13.8 Å². The maximum Gasteiger partial charge on any atom is 0.304 e. The van der Waals surface area contributed by atoms with Crippen molar-refractivity contribution in [2.24, 2.45) is 0 Å².